The van der Waals surface area contributed by atoms with Crippen molar-refractivity contribution in [2.45, 2.75) is 13.5 Å². The van der Waals surface area contributed by atoms with Gasteiger partial charge in [0.15, 0.2) is 5.69 Å². The van der Waals surface area contributed by atoms with E-state index in [1.807, 2.05) is 66.9 Å². The first kappa shape index (κ1) is 18.5. The quantitative estimate of drug-likeness (QED) is 0.486. The number of amides is 1. The molecule has 2 aromatic carbocycles. The van der Waals surface area contributed by atoms with E-state index in [4.69, 9.17) is 0 Å². The molecule has 0 aliphatic carbocycles. The zero-order valence-corrected chi connectivity index (χ0v) is 17.4. The van der Waals surface area contributed by atoms with E-state index in [1.165, 1.54) is 11.3 Å². The van der Waals surface area contributed by atoms with Crippen molar-refractivity contribution in [2.24, 2.45) is 0 Å². The fourth-order valence-electron chi connectivity index (χ4n) is 2.77. The zero-order chi connectivity index (χ0) is 19.5. The lowest BCUT2D eigenvalue weighted by Gasteiger charge is -2.04. The van der Waals surface area contributed by atoms with Crippen LogP contribution < -0.4 is 5.32 Å². The number of halogens is 1. The van der Waals surface area contributed by atoms with Crippen molar-refractivity contribution in [2.75, 3.05) is 0 Å². The van der Waals surface area contributed by atoms with E-state index in [-0.39, 0.29) is 5.91 Å². The molecule has 2 aromatic heterocycles. The number of aromatic nitrogens is 4. The van der Waals surface area contributed by atoms with Gasteiger partial charge in [0.05, 0.1) is 23.6 Å². The van der Waals surface area contributed by atoms with Crippen LogP contribution in [0.4, 0.5) is 0 Å². The summed E-state index contributed by atoms with van der Waals surface area (Å²) in [5.74, 6) is -0.268. The highest BCUT2D eigenvalue weighted by Crippen LogP contribution is 2.21. The van der Waals surface area contributed by atoms with Crippen molar-refractivity contribution in [1.29, 1.82) is 0 Å². The molecule has 0 atom stereocenters. The number of nitrogens with one attached hydrogen (secondary N) is 1. The van der Waals surface area contributed by atoms with E-state index in [0.29, 0.717) is 17.9 Å². The minimum Gasteiger partial charge on any atom is -0.344 e. The molecule has 4 aromatic rings. The SMILES string of the molecule is Cc1c(C(=O)NCc2nc(-c3ccccc3)cs2)nnn1-c1cccc(Br)c1. The number of carbonyl (C=O) groups is 1. The first-order valence-electron chi connectivity index (χ1n) is 8.58. The second kappa shape index (κ2) is 8.04. The summed E-state index contributed by atoms with van der Waals surface area (Å²) in [7, 11) is 0. The van der Waals surface area contributed by atoms with Gasteiger partial charge in [0.25, 0.3) is 5.91 Å². The maximum atomic E-state index is 12.6. The summed E-state index contributed by atoms with van der Waals surface area (Å²) >= 11 is 4.96. The molecule has 28 heavy (non-hydrogen) atoms. The molecule has 0 radical (unpaired) electrons. The van der Waals surface area contributed by atoms with Crippen molar-refractivity contribution in [1.82, 2.24) is 25.3 Å². The van der Waals surface area contributed by atoms with Crippen LogP contribution in [-0.2, 0) is 6.54 Å². The lowest BCUT2D eigenvalue weighted by atomic mass is 10.2. The Bertz CT molecular complexity index is 1120. The van der Waals surface area contributed by atoms with Crippen LogP contribution in [0.1, 0.15) is 21.2 Å². The van der Waals surface area contributed by atoms with Crippen molar-refractivity contribution in [3.05, 3.63) is 80.8 Å². The van der Waals surface area contributed by atoms with Gasteiger partial charge >= 0.3 is 0 Å². The molecule has 0 saturated carbocycles. The summed E-state index contributed by atoms with van der Waals surface area (Å²) in [5.41, 5.74) is 3.79. The van der Waals surface area contributed by atoms with Crippen molar-refractivity contribution < 1.29 is 4.79 Å². The molecule has 6 nitrogen and oxygen atoms in total. The van der Waals surface area contributed by atoms with Gasteiger partial charge in [-0.15, -0.1) is 16.4 Å². The van der Waals surface area contributed by atoms with E-state index in [9.17, 15) is 4.79 Å². The Morgan fingerprint density at radius 2 is 2.00 bits per heavy atom. The van der Waals surface area contributed by atoms with Gasteiger partial charge in [-0.2, -0.15) is 0 Å². The third-order valence-corrected chi connectivity index (χ3v) is 5.53. The smallest absolute Gasteiger partial charge is 0.274 e. The molecule has 1 N–H and O–H groups in total. The van der Waals surface area contributed by atoms with Gasteiger partial charge in [-0.1, -0.05) is 57.5 Å². The number of rotatable bonds is 5. The summed E-state index contributed by atoms with van der Waals surface area (Å²) < 4.78 is 2.58. The van der Waals surface area contributed by atoms with Gasteiger partial charge in [0.1, 0.15) is 5.01 Å². The average molecular weight is 454 g/mol. The second-order valence-electron chi connectivity index (χ2n) is 6.09. The monoisotopic (exact) mass is 453 g/mol. The highest BCUT2D eigenvalue weighted by atomic mass is 79.9. The maximum Gasteiger partial charge on any atom is 0.274 e. The molecule has 0 aliphatic heterocycles. The van der Waals surface area contributed by atoms with Crippen molar-refractivity contribution in [3.8, 4) is 16.9 Å². The van der Waals surface area contributed by atoms with E-state index < -0.39 is 0 Å². The van der Waals surface area contributed by atoms with Crippen LogP contribution in [0.25, 0.3) is 16.9 Å². The average Bonchev–Trinajstić information content (AvgIpc) is 3.34. The van der Waals surface area contributed by atoms with E-state index in [0.717, 1.165) is 26.4 Å². The largest absolute Gasteiger partial charge is 0.344 e. The summed E-state index contributed by atoms with van der Waals surface area (Å²) in [4.78, 5) is 17.2. The molecule has 8 heteroatoms. The van der Waals surface area contributed by atoms with Gasteiger partial charge < -0.3 is 5.32 Å². The van der Waals surface area contributed by atoms with E-state index in [1.54, 1.807) is 4.68 Å². The third kappa shape index (κ3) is 3.88. The van der Waals surface area contributed by atoms with Gasteiger partial charge in [-0.05, 0) is 25.1 Å². The number of nitrogens with zero attached hydrogens (tertiary/aromatic N) is 4. The number of benzene rings is 2. The fraction of sp³-hybridized carbons (Fsp3) is 0.100. The molecule has 4 rings (SSSR count). The predicted octanol–water partition coefficient (Wildman–Crippen LogP) is 4.39. The van der Waals surface area contributed by atoms with E-state index in [2.05, 4.69) is 36.5 Å². The van der Waals surface area contributed by atoms with Crippen molar-refractivity contribution >= 4 is 33.2 Å². The second-order valence-corrected chi connectivity index (χ2v) is 7.95. The Kier molecular flexibility index (Phi) is 5.31. The minimum atomic E-state index is -0.268. The highest BCUT2D eigenvalue weighted by molar-refractivity contribution is 9.10. The maximum absolute atomic E-state index is 12.6. The molecule has 0 aliphatic rings. The van der Waals surface area contributed by atoms with Crippen LogP contribution in [0.5, 0.6) is 0 Å². The Morgan fingerprint density at radius 1 is 1.18 bits per heavy atom. The Balaban J connectivity index is 1.46. The van der Waals surface area contributed by atoms with Crippen LogP contribution in [0, 0.1) is 6.92 Å². The summed E-state index contributed by atoms with van der Waals surface area (Å²) in [6.07, 6.45) is 0. The number of hydrogen-bond acceptors (Lipinski definition) is 5. The summed E-state index contributed by atoms with van der Waals surface area (Å²) in [5, 5.41) is 13.9. The Hall–Kier alpha value is -2.84. The Labute approximate surface area is 174 Å². The van der Waals surface area contributed by atoms with Crippen LogP contribution >= 0.6 is 27.3 Å². The molecule has 0 unspecified atom stereocenters. The normalized spacial score (nSPS) is 10.8. The number of carbonyl (C=O) groups excluding carboxylic acids is 1. The summed E-state index contributed by atoms with van der Waals surface area (Å²) in [6.45, 7) is 2.17. The number of hydrogen-bond donors (Lipinski definition) is 1. The topological polar surface area (TPSA) is 72.7 Å². The van der Waals surface area contributed by atoms with Crippen LogP contribution in [0.3, 0.4) is 0 Å². The fourth-order valence-corrected chi connectivity index (χ4v) is 3.90. The molecule has 1 amide bonds. The summed E-state index contributed by atoms with van der Waals surface area (Å²) in [6, 6.07) is 17.6. The van der Waals surface area contributed by atoms with E-state index >= 15 is 0 Å². The molecule has 0 bridgehead atoms. The van der Waals surface area contributed by atoms with Gasteiger partial charge in [0.2, 0.25) is 0 Å². The zero-order valence-electron chi connectivity index (χ0n) is 15.0. The molecule has 140 valence electrons. The molecule has 0 fully saturated rings. The third-order valence-electron chi connectivity index (χ3n) is 4.18. The predicted molar refractivity (Wildman–Crippen MR) is 113 cm³/mol. The lowest BCUT2D eigenvalue weighted by molar-refractivity contribution is 0.0945. The first-order chi connectivity index (χ1) is 13.6. The molecular weight excluding hydrogens is 438 g/mol. The Morgan fingerprint density at radius 3 is 2.79 bits per heavy atom. The molecule has 0 saturated heterocycles. The van der Waals surface area contributed by atoms with Crippen LogP contribution in [0.2, 0.25) is 0 Å². The number of thiazole rings is 1. The first-order valence-corrected chi connectivity index (χ1v) is 10.3. The lowest BCUT2D eigenvalue weighted by Crippen LogP contribution is -2.24. The molecular formula is C20H16BrN5OS. The van der Waals surface area contributed by atoms with Gasteiger partial charge in [-0.25, -0.2) is 9.67 Å². The van der Waals surface area contributed by atoms with Crippen LogP contribution in [-0.4, -0.2) is 25.9 Å². The molecule has 0 spiro atoms. The van der Waals surface area contributed by atoms with Gasteiger partial charge in [-0.3, -0.25) is 4.79 Å². The minimum absolute atomic E-state index is 0.268. The van der Waals surface area contributed by atoms with Gasteiger partial charge in [0, 0.05) is 15.4 Å². The molecule has 2 heterocycles. The van der Waals surface area contributed by atoms with Crippen LogP contribution in [0.15, 0.2) is 64.5 Å². The highest BCUT2D eigenvalue weighted by Gasteiger charge is 2.17. The van der Waals surface area contributed by atoms with Crippen molar-refractivity contribution in [3.63, 3.8) is 0 Å². The standard InChI is InChI=1S/C20H16BrN5OS/c1-13-19(24-25-26(13)16-9-5-8-15(21)10-16)20(27)22-11-18-23-17(12-28-18)14-6-3-2-4-7-14/h2-10,12H,11H2,1H3,(H,22,27).